The van der Waals surface area contributed by atoms with Gasteiger partial charge < -0.3 is 10.1 Å². The van der Waals surface area contributed by atoms with Crippen molar-refractivity contribution in [1.82, 2.24) is 0 Å². The lowest BCUT2D eigenvalue weighted by Crippen LogP contribution is -2.21. The van der Waals surface area contributed by atoms with E-state index < -0.39 is 17.4 Å². The third kappa shape index (κ3) is 4.39. The Morgan fingerprint density at radius 2 is 2.08 bits per heavy atom. The molecule has 2 aromatic rings. The van der Waals surface area contributed by atoms with Crippen LogP contribution >= 0.6 is 15.9 Å². The minimum atomic E-state index is -0.668. The lowest BCUT2D eigenvalue weighted by molar-refractivity contribution is -0.385. The number of hydrogen-bond acceptors (Lipinski definition) is 5. The van der Waals surface area contributed by atoms with Crippen LogP contribution in [0.5, 0.6) is 5.75 Å². The van der Waals surface area contributed by atoms with Crippen molar-refractivity contribution >= 4 is 39.5 Å². The van der Waals surface area contributed by atoms with Crippen molar-refractivity contribution in [2.75, 3.05) is 11.9 Å². The summed E-state index contributed by atoms with van der Waals surface area (Å²) < 4.78 is 6.11. The number of rotatable bonds is 6. The van der Waals surface area contributed by atoms with Gasteiger partial charge in [0.25, 0.3) is 5.91 Å². The summed E-state index contributed by atoms with van der Waals surface area (Å²) in [5.41, 5.74) is 1.27. The van der Waals surface area contributed by atoms with Gasteiger partial charge in [-0.25, -0.2) is 0 Å². The number of nitrogens with one attached hydrogen (secondary N) is 1. The van der Waals surface area contributed by atoms with E-state index in [4.69, 9.17) is 4.74 Å². The van der Waals surface area contributed by atoms with Crippen molar-refractivity contribution in [2.24, 2.45) is 0 Å². The van der Waals surface area contributed by atoms with Crippen LogP contribution in [0.4, 0.5) is 11.4 Å². The molecule has 24 heavy (non-hydrogen) atoms. The molecular weight excluding hydrogens is 380 g/mol. The predicted octanol–water partition coefficient (Wildman–Crippen LogP) is 3.50. The molecule has 124 valence electrons. The summed E-state index contributed by atoms with van der Waals surface area (Å²) in [6.45, 7) is 1.45. The van der Waals surface area contributed by atoms with Gasteiger partial charge in [-0.3, -0.25) is 19.7 Å². The largest absolute Gasteiger partial charge is 0.477 e. The second-order valence-electron chi connectivity index (χ2n) is 4.90. The van der Waals surface area contributed by atoms with E-state index >= 15 is 0 Å². The highest BCUT2D eigenvalue weighted by molar-refractivity contribution is 9.10. The zero-order valence-corrected chi connectivity index (χ0v) is 14.2. The second-order valence-corrected chi connectivity index (χ2v) is 5.81. The molecule has 0 aliphatic carbocycles. The maximum Gasteiger partial charge on any atom is 0.311 e. The topological polar surface area (TPSA) is 98.5 Å². The van der Waals surface area contributed by atoms with Crippen LogP contribution in [0.2, 0.25) is 0 Å². The van der Waals surface area contributed by atoms with Gasteiger partial charge in [0.1, 0.15) is 6.29 Å². The van der Waals surface area contributed by atoms with Gasteiger partial charge in [0, 0.05) is 21.8 Å². The number of halogens is 1. The molecule has 0 radical (unpaired) electrons. The third-order valence-corrected chi connectivity index (χ3v) is 3.63. The lowest BCUT2D eigenvalue weighted by Gasteiger charge is -2.10. The predicted molar refractivity (Wildman–Crippen MR) is 91.5 cm³/mol. The highest BCUT2D eigenvalue weighted by Crippen LogP contribution is 2.27. The Morgan fingerprint density at radius 1 is 1.33 bits per heavy atom. The van der Waals surface area contributed by atoms with Gasteiger partial charge in [0.15, 0.2) is 12.4 Å². The molecule has 0 aliphatic rings. The molecule has 0 aliphatic heterocycles. The summed E-state index contributed by atoms with van der Waals surface area (Å²) >= 11 is 3.33. The smallest absolute Gasteiger partial charge is 0.311 e. The number of nitrogens with zero attached hydrogens (tertiary/aromatic N) is 1. The maximum absolute atomic E-state index is 12.0. The summed E-state index contributed by atoms with van der Waals surface area (Å²) in [4.78, 5) is 33.0. The molecule has 0 heterocycles. The zero-order chi connectivity index (χ0) is 17.7. The van der Waals surface area contributed by atoms with Crippen molar-refractivity contribution in [3.05, 3.63) is 62.1 Å². The first-order chi connectivity index (χ1) is 11.4. The van der Waals surface area contributed by atoms with Gasteiger partial charge >= 0.3 is 5.69 Å². The quantitative estimate of drug-likeness (QED) is 0.460. The molecule has 0 spiro atoms. The first kappa shape index (κ1) is 17.6. The zero-order valence-electron chi connectivity index (χ0n) is 12.6. The minimum Gasteiger partial charge on any atom is -0.477 e. The van der Waals surface area contributed by atoms with Crippen LogP contribution in [0.15, 0.2) is 40.9 Å². The van der Waals surface area contributed by atoms with Gasteiger partial charge in [-0.1, -0.05) is 15.9 Å². The molecular formula is C16H13BrN2O5. The fourth-order valence-corrected chi connectivity index (χ4v) is 2.44. The van der Waals surface area contributed by atoms with Crippen molar-refractivity contribution in [3.63, 3.8) is 0 Å². The standard InChI is InChI=1S/C16H13BrN2O5/c1-10-6-12(17)3-4-13(10)18-16(21)9-24-15-5-2-11(8-20)7-14(15)19(22)23/h2-8H,9H2,1H3,(H,18,21). The Hall–Kier alpha value is -2.74. The van der Waals surface area contributed by atoms with Crippen molar-refractivity contribution in [1.29, 1.82) is 0 Å². The molecule has 0 fully saturated rings. The van der Waals surface area contributed by atoms with E-state index in [1.807, 2.05) is 13.0 Å². The van der Waals surface area contributed by atoms with Crippen LogP contribution in [0.3, 0.4) is 0 Å². The number of anilines is 1. The van der Waals surface area contributed by atoms with Gasteiger partial charge in [-0.05, 0) is 42.8 Å². The molecule has 0 bridgehead atoms. The number of ether oxygens (including phenoxy) is 1. The molecule has 0 saturated carbocycles. The second kappa shape index (κ2) is 7.69. The molecule has 2 rings (SSSR count). The number of aryl methyl sites for hydroxylation is 1. The average molecular weight is 393 g/mol. The summed E-state index contributed by atoms with van der Waals surface area (Å²) in [7, 11) is 0. The number of benzene rings is 2. The van der Waals surface area contributed by atoms with Crippen molar-refractivity contribution in [2.45, 2.75) is 6.92 Å². The summed E-state index contributed by atoms with van der Waals surface area (Å²) in [5, 5.41) is 13.7. The number of aldehydes is 1. The molecule has 1 N–H and O–H groups in total. The number of carbonyl (C=O) groups excluding carboxylic acids is 2. The van der Waals surface area contributed by atoms with Gasteiger partial charge in [0.05, 0.1) is 4.92 Å². The number of amides is 1. The Labute approximate surface area is 145 Å². The van der Waals surface area contributed by atoms with Crippen LogP contribution in [0.25, 0.3) is 0 Å². The van der Waals surface area contributed by atoms with E-state index in [1.54, 1.807) is 12.1 Å². The van der Waals surface area contributed by atoms with Crippen molar-refractivity contribution < 1.29 is 19.2 Å². The first-order valence-electron chi connectivity index (χ1n) is 6.83. The van der Waals surface area contributed by atoms with Crippen molar-refractivity contribution in [3.8, 4) is 5.75 Å². The van der Waals surface area contributed by atoms with E-state index in [2.05, 4.69) is 21.2 Å². The normalized spacial score (nSPS) is 10.1. The van der Waals surface area contributed by atoms with Crippen LogP contribution in [0.1, 0.15) is 15.9 Å². The van der Waals surface area contributed by atoms with Gasteiger partial charge in [0.2, 0.25) is 0 Å². The number of nitro groups is 1. The highest BCUT2D eigenvalue weighted by atomic mass is 79.9. The van der Waals surface area contributed by atoms with Crippen LogP contribution in [0, 0.1) is 17.0 Å². The molecule has 1 amide bonds. The Morgan fingerprint density at radius 3 is 2.71 bits per heavy atom. The molecule has 0 unspecified atom stereocenters. The summed E-state index contributed by atoms with van der Waals surface area (Å²) in [6.07, 6.45) is 0.500. The molecule has 0 saturated heterocycles. The van der Waals surface area contributed by atoms with Gasteiger partial charge in [-0.2, -0.15) is 0 Å². The first-order valence-corrected chi connectivity index (χ1v) is 7.62. The van der Waals surface area contributed by atoms with E-state index in [9.17, 15) is 19.7 Å². The molecule has 8 heteroatoms. The Balaban J connectivity index is 2.06. The number of hydrogen-bond donors (Lipinski definition) is 1. The highest BCUT2D eigenvalue weighted by Gasteiger charge is 2.17. The van der Waals surface area contributed by atoms with Crippen LogP contribution in [-0.2, 0) is 4.79 Å². The molecule has 0 aromatic heterocycles. The van der Waals surface area contributed by atoms with E-state index in [0.717, 1.165) is 16.1 Å². The van der Waals surface area contributed by atoms with E-state index in [-0.39, 0.29) is 17.0 Å². The Bertz CT molecular complexity index is 807. The molecule has 0 atom stereocenters. The van der Waals surface area contributed by atoms with E-state index in [0.29, 0.717) is 12.0 Å². The third-order valence-electron chi connectivity index (χ3n) is 3.14. The number of carbonyl (C=O) groups is 2. The fraction of sp³-hybridized carbons (Fsp3) is 0.125. The average Bonchev–Trinajstić information content (AvgIpc) is 2.55. The molecule has 2 aromatic carbocycles. The SMILES string of the molecule is Cc1cc(Br)ccc1NC(=O)COc1ccc(C=O)cc1[N+](=O)[O-]. The Kier molecular flexibility index (Phi) is 5.64. The molecule has 7 nitrogen and oxygen atoms in total. The summed E-state index contributed by atoms with van der Waals surface area (Å²) in [5.74, 6) is -0.525. The monoisotopic (exact) mass is 392 g/mol. The fourth-order valence-electron chi connectivity index (χ4n) is 1.97. The minimum absolute atomic E-state index is 0.0757. The van der Waals surface area contributed by atoms with Crippen LogP contribution in [-0.4, -0.2) is 23.7 Å². The number of nitro benzene ring substituents is 1. The van der Waals surface area contributed by atoms with Gasteiger partial charge in [-0.15, -0.1) is 0 Å². The lowest BCUT2D eigenvalue weighted by atomic mass is 10.2. The van der Waals surface area contributed by atoms with E-state index in [1.165, 1.54) is 12.1 Å². The van der Waals surface area contributed by atoms with Crippen LogP contribution < -0.4 is 10.1 Å². The maximum atomic E-state index is 12.0. The summed E-state index contributed by atoms with van der Waals surface area (Å²) in [6, 6.07) is 9.13.